The fourth-order valence-electron chi connectivity index (χ4n) is 4.00. The van der Waals surface area contributed by atoms with E-state index in [2.05, 4.69) is 10.3 Å². The third kappa shape index (κ3) is 3.72. The van der Waals surface area contributed by atoms with Gasteiger partial charge >= 0.3 is 0 Å². The fraction of sp³-hybridized carbons (Fsp3) is 0.381. The largest absolute Gasteiger partial charge is 0.352 e. The van der Waals surface area contributed by atoms with E-state index in [0.717, 1.165) is 41.0 Å². The second-order valence-corrected chi connectivity index (χ2v) is 8.42. The van der Waals surface area contributed by atoms with Crippen molar-refractivity contribution in [2.75, 3.05) is 11.5 Å². The van der Waals surface area contributed by atoms with Gasteiger partial charge < -0.3 is 10.2 Å². The van der Waals surface area contributed by atoms with Gasteiger partial charge in [0.2, 0.25) is 5.91 Å². The first-order chi connectivity index (χ1) is 13.2. The third-order valence-electron chi connectivity index (χ3n) is 5.52. The van der Waals surface area contributed by atoms with E-state index < -0.39 is 0 Å². The van der Waals surface area contributed by atoms with Crippen molar-refractivity contribution in [1.82, 2.24) is 15.2 Å². The van der Waals surface area contributed by atoms with Crippen molar-refractivity contribution in [3.63, 3.8) is 0 Å². The Kier molecular flexibility index (Phi) is 5.16. The van der Waals surface area contributed by atoms with Crippen LogP contribution in [0.1, 0.15) is 40.7 Å². The zero-order valence-electron chi connectivity index (χ0n) is 15.2. The molecule has 0 saturated carbocycles. The number of hydrogen-bond acceptors (Lipinski definition) is 4. The number of carbonyl (C=O) groups excluding carboxylic acids is 2. The summed E-state index contributed by atoms with van der Waals surface area (Å²) in [5.41, 5.74) is 2.44. The molecule has 2 aromatic rings. The maximum atomic E-state index is 13.0. The maximum absolute atomic E-state index is 13.0. The van der Waals surface area contributed by atoms with Gasteiger partial charge in [-0.05, 0) is 47.6 Å². The van der Waals surface area contributed by atoms with Crippen LogP contribution >= 0.6 is 11.8 Å². The highest BCUT2D eigenvalue weighted by Crippen LogP contribution is 2.40. The lowest BCUT2D eigenvalue weighted by Gasteiger charge is -2.44. The van der Waals surface area contributed by atoms with Gasteiger partial charge in [0.1, 0.15) is 0 Å². The number of carbonyl (C=O) groups is 2. The number of benzene rings is 1. The van der Waals surface area contributed by atoms with E-state index in [4.69, 9.17) is 0 Å². The molecule has 4 rings (SSSR count). The molecule has 3 heterocycles. The normalized spacial score (nSPS) is 18.2. The first-order valence-corrected chi connectivity index (χ1v) is 10.5. The molecule has 27 heavy (non-hydrogen) atoms. The van der Waals surface area contributed by atoms with Crippen molar-refractivity contribution >= 4 is 23.6 Å². The SMILES string of the molecule is O=C(CC1(N2Cc3ccccc3C2=O)CCSCC1)NCc1cccnc1. The molecule has 0 atom stereocenters. The number of aromatic nitrogens is 1. The smallest absolute Gasteiger partial charge is 0.254 e. The Hall–Kier alpha value is -2.34. The van der Waals surface area contributed by atoms with Crippen LogP contribution in [-0.2, 0) is 17.9 Å². The summed E-state index contributed by atoms with van der Waals surface area (Å²) >= 11 is 1.90. The van der Waals surface area contributed by atoms with Crippen LogP contribution in [0.2, 0.25) is 0 Å². The predicted octanol–water partition coefficient (Wildman–Crippen LogP) is 3.01. The lowest BCUT2D eigenvalue weighted by molar-refractivity contribution is -0.124. The molecule has 0 aliphatic carbocycles. The maximum Gasteiger partial charge on any atom is 0.254 e. The second-order valence-electron chi connectivity index (χ2n) is 7.20. The first-order valence-electron chi connectivity index (χ1n) is 9.31. The second kappa shape index (κ2) is 7.72. The van der Waals surface area contributed by atoms with Crippen molar-refractivity contribution in [3.05, 3.63) is 65.5 Å². The average Bonchev–Trinajstić information content (AvgIpc) is 3.06. The number of rotatable bonds is 5. The highest BCUT2D eigenvalue weighted by atomic mass is 32.2. The van der Waals surface area contributed by atoms with E-state index in [1.807, 2.05) is 53.1 Å². The molecule has 5 nitrogen and oxygen atoms in total. The minimum Gasteiger partial charge on any atom is -0.352 e. The molecule has 2 aliphatic rings. The number of nitrogens with one attached hydrogen (secondary N) is 1. The first kappa shape index (κ1) is 18.0. The van der Waals surface area contributed by atoms with Crippen LogP contribution in [0.5, 0.6) is 0 Å². The molecule has 1 aromatic heterocycles. The van der Waals surface area contributed by atoms with E-state index in [0.29, 0.717) is 19.5 Å². The van der Waals surface area contributed by atoms with Crippen molar-refractivity contribution in [1.29, 1.82) is 0 Å². The Morgan fingerprint density at radius 1 is 1.19 bits per heavy atom. The zero-order chi connectivity index (χ0) is 18.7. The van der Waals surface area contributed by atoms with Crippen molar-refractivity contribution < 1.29 is 9.59 Å². The van der Waals surface area contributed by atoms with E-state index in [-0.39, 0.29) is 17.4 Å². The molecular formula is C21H23N3O2S. The van der Waals surface area contributed by atoms with Crippen LogP contribution in [-0.4, -0.2) is 38.7 Å². The molecule has 140 valence electrons. The lowest BCUT2D eigenvalue weighted by atomic mass is 9.86. The van der Waals surface area contributed by atoms with Crippen LogP contribution in [0.25, 0.3) is 0 Å². The zero-order valence-corrected chi connectivity index (χ0v) is 16.0. The van der Waals surface area contributed by atoms with Crippen molar-refractivity contribution in [2.24, 2.45) is 0 Å². The number of nitrogens with zero attached hydrogens (tertiary/aromatic N) is 2. The Balaban J connectivity index is 1.49. The van der Waals surface area contributed by atoms with Crippen LogP contribution in [0.15, 0.2) is 48.8 Å². The summed E-state index contributed by atoms with van der Waals surface area (Å²) in [5, 5.41) is 3.01. The Labute approximate surface area is 163 Å². The van der Waals surface area contributed by atoms with Gasteiger partial charge in [0.05, 0.1) is 5.54 Å². The highest BCUT2D eigenvalue weighted by Gasteiger charge is 2.45. The standard InChI is InChI=1S/C21H23N3O2S/c25-19(23-14-16-4-3-9-22-13-16)12-21(7-10-27-11-8-21)24-15-17-5-1-2-6-18(17)20(24)26/h1-6,9,13H,7-8,10-12,14-15H2,(H,23,25). The van der Waals surface area contributed by atoms with Gasteiger partial charge in [-0.3, -0.25) is 14.6 Å². The Bertz CT molecular complexity index is 834. The highest BCUT2D eigenvalue weighted by molar-refractivity contribution is 7.99. The Morgan fingerprint density at radius 2 is 2.00 bits per heavy atom. The van der Waals surface area contributed by atoms with Crippen molar-refractivity contribution in [3.8, 4) is 0 Å². The molecule has 6 heteroatoms. The molecule has 2 amide bonds. The summed E-state index contributed by atoms with van der Waals surface area (Å²) in [6, 6.07) is 11.6. The molecule has 1 aromatic carbocycles. The van der Waals surface area contributed by atoms with E-state index in [1.54, 1.807) is 12.4 Å². The number of thioether (sulfide) groups is 1. The quantitative estimate of drug-likeness (QED) is 0.865. The molecule has 0 spiro atoms. The third-order valence-corrected chi connectivity index (χ3v) is 6.51. The molecule has 0 unspecified atom stereocenters. The molecule has 1 N–H and O–H groups in total. The van der Waals surface area contributed by atoms with Crippen LogP contribution in [0, 0.1) is 0 Å². The minimum absolute atomic E-state index is 0.00508. The van der Waals surface area contributed by atoms with Gasteiger partial charge in [-0.15, -0.1) is 0 Å². The Morgan fingerprint density at radius 3 is 2.74 bits per heavy atom. The average molecular weight is 382 g/mol. The summed E-state index contributed by atoms with van der Waals surface area (Å²) in [7, 11) is 0. The number of amides is 2. The summed E-state index contributed by atoms with van der Waals surface area (Å²) in [4.78, 5) is 31.8. The van der Waals surface area contributed by atoms with Gasteiger partial charge in [0, 0.05) is 37.5 Å². The van der Waals surface area contributed by atoms with Crippen LogP contribution < -0.4 is 5.32 Å². The number of pyridine rings is 1. The minimum atomic E-state index is -0.389. The number of hydrogen-bond donors (Lipinski definition) is 1. The van der Waals surface area contributed by atoms with Gasteiger partial charge in [0.25, 0.3) is 5.91 Å². The lowest BCUT2D eigenvalue weighted by Crippen LogP contribution is -2.53. The summed E-state index contributed by atoms with van der Waals surface area (Å²) in [5.74, 6) is 2.03. The van der Waals surface area contributed by atoms with E-state index in [9.17, 15) is 9.59 Å². The summed E-state index contributed by atoms with van der Waals surface area (Å²) < 4.78 is 0. The fourth-order valence-corrected chi connectivity index (χ4v) is 5.25. The van der Waals surface area contributed by atoms with E-state index in [1.165, 1.54) is 0 Å². The van der Waals surface area contributed by atoms with Gasteiger partial charge in [-0.2, -0.15) is 11.8 Å². The van der Waals surface area contributed by atoms with E-state index >= 15 is 0 Å². The number of fused-ring (bicyclic) bond motifs is 1. The molecule has 2 aliphatic heterocycles. The summed E-state index contributed by atoms with van der Waals surface area (Å²) in [6.07, 6.45) is 5.55. The monoisotopic (exact) mass is 381 g/mol. The van der Waals surface area contributed by atoms with Gasteiger partial charge in [-0.25, -0.2) is 0 Å². The van der Waals surface area contributed by atoms with Crippen LogP contribution in [0.4, 0.5) is 0 Å². The summed E-state index contributed by atoms with van der Waals surface area (Å²) in [6.45, 7) is 1.07. The molecule has 1 saturated heterocycles. The predicted molar refractivity (Wildman–Crippen MR) is 106 cm³/mol. The van der Waals surface area contributed by atoms with Gasteiger partial charge in [-0.1, -0.05) is 24.3 Å². The topological polar surface area (TPSA) is 62.3 Å². The van der Waals surface area contributed by atoms with Gasteiger partial charge in [0.15, 0.2) is 0 Å². The molecule has 0 radical (unpaired) electrons. The molecule has 0 bridgehead atoms. The van der Waals surface area contributed by atoms with Crippen LogP contribution in [0.3, 0.4) is 0 Å². The van der Waals surface area contributed by atoms with Crippen molar-refractivity contribution in [2.45, 2.75) is 37.9 Å². The molecule has 1 fully saturated rings. The molecular weight excluding hydrogens is 358 g/mol.